The number of nitrogens with one attached hydrogen (secondary N) is 2. The molecule has 3 rings (SSSR count). The fourth-order valence-electron chi connectivity index (χ4n) is 4.52. The van der Waals surface area contributed by atoms with Crippen molar-refractivity contribution in [2.45, 2.75) is 45.1 Å². The van der Waals surface area contributed by atoms with E-state index in [9.17, 15) is 19.5 Å². The number of ether oxygens (including phenoxy) is 1. The molecule has 2 aromatic carbocycles. The molecule has 0 spiro atoms. The van der Waals surface area contributed by atoms with Gasteiger partial charge in [-0.15, -0.1) is 0 Å². The fourth-order valence-corrected chi connectivity index (χ4v) is 4.52. The first-order valence-corrected chi connectivity index (χ1v) is 12.0. The molecule has 0 bridgehead atoms. The molecule has 8 heteroatoms. The second-order valence-corrected chi connectivity index (χ2v) is 9.24. The minimum Gasteiger partial charge on any atom is -0.479 e. The highest BCUT2D eigenvalue weighted by atomic mass is 16.5. The molecule has 0 heterocycles. The highest BCUT2D eigenvalue weighted by Crippen LogP contribution is 2.44. The molecule has 2 aromatic rings. The third-order valence-electron chi connectivity index (χ3n) is 6.59. The summed E-state index contributed by atoms with van der Waals surface area (Å²) < 4.78 is 5.57. The monoisotopic (exact) mass is 482 g/mol. The Morgan fingerprint density at radius 3 is 2.11 bits per heavy atom. The van der Waals surface area contributed by atoms with Crippen molar-refractivity contribution in [2.24, 2.45) is 11.8 Å². The van der Waals surface area contributed by atoms with Crippen LogP contribution in [0, 0.1) is 11.8 Å². The Kier molecular flexibility index (Phi) is 9.25. The van der Waals surface area contributed by atoms with Gasteiger partial charge in [0.05, 0.1) is 6.54 Å². The number of aliphatic hydroxyl groups is 1. The maximum atomic E-state index is 12.4. The predicted octanol–water partition coefficient (Wildman–Crippen LogP) is 3.53. The molecule has 0 radical (unpaired) electrons. The third-order valence-corrected chi connectivity index (χ3v) is 6.59. The van der Waals surface area contributed by atoms with Crippen LogP contribution in [0.15, 0.2) is 48.5 Å². The minimum absolute atomic E-state index is 0.00900. The van der Waals surface area contributed by atoms with Gasteiger partial charge < -0.3 is 25.6 Å². The highest BCUT2D eigenvalue weighted by Gasteiger charge is 2.29. The standard InChI is InChI=1S/C27H34N2O6/c1-17(2)18(11-12-25(31)29-15-24(30)26(32)33)13-14-28-27(34)35-16-23-21-9-5-3-7-19(21)20-8-4-6-10-22(20)23/h3-10,17-18,23-24,30H,11-16H2,1-2H3,(H,28,34)(H,29,31)(H,32,33)/t18?,24-/m0/s1. The molecule has 0 fully saturated rings. The van der Waals surface area contributed by atoms with Crippen molar-refractivity contribution < 1.29 is 29.3 Å². The number of carboxylic acid groups (broad SMARTS) is 1. The Hall–Kier alpha value is -3.39. The Morgan fingerprint density at radius 1 is 0.943 bits per heavy atom. The van der Waals surface area contributed by atoms with Gasteiger partial charge in [-0.2, -0.15) is 0 Å². The van der Waals surface area contributed by atoms with Crippen LogP contribution in [0.2, 0.25) is 0 Å². The van der Waals surface area contributed by atoms with E-state index in [1.54, 1.807) is 0 Å². The van der Waals surface area contributed by atoms with Crippen LogP contribution < -0.4 is 10.6 Å². The summed E-state index contributed by atoms with van der Waals surface area (Å²) >= 11 is 0. The van der Waals surface area contributed by atoms with Gasteiger partial charge in [-0.3, -0.25) is 4.79 Å². The lowest BCUT2D eigenvalue weighted by atomic mass is 9.88. The molecule has 1 aliphatic rings. The lowest BCUT2D eigenvalue weighted by molar-refractivity contribution is -0.146. The summed E-state index contributed by atoms with van der Waals surface area (Å²) in [6.45, 7) is 4.49. The van der Waals surface area contributed by atoms with Crippen molar-refractivity contribution in [3.8, 4) is 11.1 Å². The lowest BCUT2D eigenvalue weighted by Crippen LogP contribution is -2.36. The molecule has 0 aliphatic heterocycles. The summed E-state index contributed by atoms with van der Waals surface area (Å²) in [6.07, 6.45) is -0.567. The maximum Gasteiger partial charge on any atom is 0.407 e. The van der Waals surface area contributed by atoms with Gasteiger partial charge in [-0.05, 0) is 46.9 Å². The number of alkyl carbamates (subject to hydrolysis) is 1. The van der Waals surface area contributed by atoms with E-state index in [1.165, 1.54) is 11.1 Å². The molecule has 8 nitrogen and oxygen atoms in total. The van der Waals surface area contributed by atoms with Gasteiger partial charge in [0.1, 0.15) is 6.61 Å². The summed E-state index contributed by atoms with van der Waals surface area (Å²) in [6, 6.07) is 16.4. The van der Waals surface area contributed by atoms with Crippen LogP contribution in [0.3, 0.4) is 0 Å². The van der Waals surface area contributed by atoms with Gasteiger partial charge in [0.25, 0.3) is 0 Å². The average Bonchev–Trinajstić information content (AvgIpc) is 3.16. The van der Waals surface area contributed by atoms with Gasteiger partial charge in [-0.1, -0.05) is 62.4 Å². The Balaban J connectivity index is 1.42. The number of carbonyl (C=O) groups is 3. The summed E-state index contributed by atoms with van der Waals surface area (Å²) in [7, 11) is 0. The number of carbonyl (C=O) groups excluding carboxylic acids is 2. The van der Waals surface area contributed by atoms with Gasteiger partial charge in [0, 0.05) is 18.9 Å². The normalized spacial score (nSPS) is 14.1. The van der Waals surface area contributed by atoms with Crippen molar-refractivity contribution >= 4 is 18.0 Å². The molecular weight excluding hydrogens is 448 g/mol. The molecule has 0 saturated carbocycles. The Morgan fingerprint density at radius 2 is 1.54 bits per heavy atom. The molecule has 0 saturated heterocycles. The molecule has 188 valence electrons. The molecule has 1 aliphatic carbocycles. The Bertz CT molecular complexity index is 992. The quantitative estimate of drug-likeness (QED) is 0.367. The molecular formula is C27H34N2O6. The zero-order chi connectivity index (χ0) is 25.4. The topological polar surface area (TPSA) is 125 Å². The summed E-state index contributed by atoms with van der Waals surface area (Å²) in [5.74, 6) is -1.17. The number of benzene rings is 2. The zero-order valence-electron chi connectivity index (χ0n) is 20.2. The van der Waals surface area contributed by atoms with Crippen LogP contribution in [-0.4, -0.2) is 54.0 Å². The molecule has 35 heavy (non-hydrogen) atoms. The van der Waals surface area contributed by atoms with E-state index in [2.05, 4.69) is 48.7 Å². The first-order valence-electron chi connectivity index (χ1n) is 12.0. The maximum absolute atomic E-state index is 12.4. The van der Waals surface area contributed by atoms with Gasteiger partial charge in [-0.25, -0.2) is 9.59 Å². The van der Waals surface area contributed by atoms with E-state index in [1.807, 2.05) is 24.3 Å². The van der Waals surface area contributed by atoms with E-state index in [-0.39, 0.29) is 37.3 Å². The molecule has 0 aromatic heterocycles. The average molecular weight is 483 g/mol. The molecule has 2 atom stereocenters. The molecule has 2 amide bonds. The highest BCUT2D eigenvalue weighted by molar-refractivity contribution is 5.79. The van der Waals surface area contributed by atoms with Crippen LogP contribution in [0.4, 0.5) is 4.79 Å². The fraction of sp³-hybridized carbons (Fsp3) is 0.444. The number of fused-ring (bicyclic) bond motifs is 3. The number of hydrogen-bond donors (Lipinski definition) is 4. The second-order valence-electron chi connectivity index (χ2n) is 9.24. The molecule has 1 unspecified atom stereocenters. The van der Waals surface area contributed by atoms with Crippen molar-refractivity contribution in [1.82, 2.24) is 10.6 Å². The summed E-state index contributed by atoms with van der Waals surface area (Å²) in [5, 5.41) is 23.2. The van der Waals surface area contributed by atoms with Crippen LogP contribution in [0.25, 0.3) is 11.1 Å². The van der Waals surface area contributed by atoms with Crippen molar-refractivity contribution in [2.75, 3.05) is 19.7 Å². The van der Waals surface area contributed by atoms with E-state index in [0.717, 1.165) is 11.1 Å². The Labute approximate surface area is 205 Å². The van der Waals surface area contributed by atoms with E-state index in [4.69, 9.17) is 9.84 Å². The number of hydrogen-bond acceptors (Lipinski definition) is 5. The van der Waals surface area contributed by atoms with Crippen molar-refractivity contribution in [3.63, 3.8) is 0 Å². The number of amides is 2. The SMILES string of the molecule is CC(C)C(CCNC(=O)OCC1c2ccccc2-c2ccccc21)CCC(=O)NC[C@H](O)C(=O)O. The van der Waals surface area contributed by atoms with Crippen molar-refractivity contribution in [3.05, 3.63) is 59.7 Å². The molecule has 4 N–H and O–H groups in total. The van der Waals surface area contributed by atoms with E-state index >= 15 is 0 Å². The summed E-state index contributed by atoms with van der Waals surface area (Å²) in [5.41, 5.74) is 4.68. The van der Waals surface area contributed by atoms with E-state index < -0.39 is 18.2 Å². The van der Waals surface area contributed by atoms with Gasteiger partial charge in [0.2, 0.25) is 5.91 Å². The van der Waals surface area contributed by atoms with Crippen LogP contribution in [0.1, 0.15) is 50.2 Å². The van der Waals surface area contributed by atoms with Crippen molar-refractivity contribution in [1.29, 1.82) is 0 Å². The number of carboxylic acids is 1. The van der Waals surface area contributed by atoms with Crippen LogP contribution in [0.5, 0.6) is 0 Å². The second kappa shape index (κ2) is 12.4. The summed E-state index contributed by atoms with van der Waals surface area (Å²) in [4.78, 5) is 35.0. The number of aliphatic hydroxyl groups excluding tert-OH is 1. The number of rotatable bonds is 12. The van der Waals surface area contributed by atoms with Crippen LogP contribution >= 0.6 is 0 Å². The first kappa shape index (κ1) is 26.2. The van der Waals surface area contributed by atoms with Gasteiger partial charge in [0.15, 0.2) is 6.10 Å². The van der Waals surface area contributed by atoms with E-state index in [0.29, 0.717) is 25.3 Å². The van der Waals surface area contributed by atoms with Gasteiger partial charge >= 0.3 is 12.1 Å². The zero-order valence-corrected chi connectivity index (χ0v) is 20.2. The minimum atomic E-state index is -1.61. The third kappa shape index (κ3) is 7.05. The largest absolute Gasteiger partial charge is 0.479 e. The smallest absolute Gasteiger partial charge is 0.407 e. The number of aliphatic carboxylic acids is 1. The first-order chi connectivity index (χ1) is 16.8. The predicted molar refractivity (Wildman–Crippen MR) is 132 cm³/mol. The lowest BCUT2D eigenvalue weighted by Gasteiger charge is -2.21. The van der Waals surface area contributed by atoms with Crippen LogP contribution in [-0.2, 0) is 14.3 Å².